The summed E-state index contributed by atoms with van der Waals surface area (Å²) in [5, 5.41) is 17.5. The summed E-state index contributed by atoms with van der Waals surface area (Å²) in [5.41, 5.74) is 1.61. The predicted molar refractivity (Wildman–Crippen MR) is 70.2 cm³/mol. The number of aromatic nitrogens is 2. The molecule has 0 aliphatic rings. The van der Waals surface area contributed by atoms with Crippen molar-refractivity contribution in [1.29, 1.82) is 0 Å². The fourth-order valence-electron chi connectivity index (χ4n) is 1.69. The van der Waals surface area contributed by atoms with E-state index in [9.17, 15) is 9.59 Å². The van der Waals surface area contributed by atoms with E-state index in [1.165, 1.54) is 0 Å². The Kier molecular flexibility index (Phi) is 4.06. The van der Waals surface area contributed by atoms with E-state index in [0.29, 0.717) is 5.16 Å². The van der Waals surface area contributed by atoms with Crippen molar-refractivity contribution in [2.45, 2.75) is 23.2 Å². The molecule has 0 saturated heterocycles. The number of H-pyrrole nitrogens is 1. The highest BCUT2D eigenvalue weighted by atomic mass is 32.2. The Balaban J connectivity index is 2.15. The molecule has 2 rings (SSSR count). The van der Waals surface area contributed by atoms with Crippen molar-refractivity contribution in [2.75, 3.05) is 0 Å². The molecule has 1 heterocycles. The Labute approximate surface area is 112 Å². The Bertz CT molecular complexity index is 562. The van der Waals surface area contributed by atoms with Gasteiger partial charge in [0.2, 0.25) is 0 Å². The molecule has 0 aliphatic heterocycles. The lowest BCUT2D eigenvalue weighted by atomic mass is 10.2. The normalized spacial score (nSPS) is 11.0. The van der Waals surface area contributed by atoms with Crippen LogP contribution >= 0.6 is 11.8 Å². The smallest absolute Gasteiger partial charge is 0.304 e. The van der Waals surface area contributed by atoms with Gasteiger partial charge in [-0.3, -0.25) is 9.59 Å². The van der Waals surface area contributed by atoms with Gasteiger partial charge in [0.25, 0.3) is 0 Å². The molecule has 19 heavy (non-hydrogen) atoms. The highest BCUT2D eigenvalue weighted by Gasteiger charge is 2.19. The summed E-state index contributed by atoms with van der Waals surface area (Å²) < 4.78 is 0. The van der Waals surface area contributed by atoms with E-state index >= 15 is 0 Å². The number of imidazole rings is 1. The highest BCUT2D eigenvalue weighted by Crippen LogP contribution is 2.27. The summed E-state index contributed by atoms with van der Waals surface area (Å²) in [6.07, 6.45) is -0.429. The van der Waals surface area contributed by atoms with Crippen LogP contribution in [0.15, 0.2) is 29.4 Å². The number of thioether (sulfide) groups is 1. The first-order valence-electron chi connectivity index (χ1n) is 5.59. The molecule has 0 unspecified atom stereocenters. The maximum Gasteiger partial charge on any atom is 0.304 e. The lowest BCUT2D eigenvalue weighted by molar-refractivity contribution is -0.138. The highest BCUT2D eigenvalue weighted by molar-refractivity contribution is 7.99. The van der Waals surface area contributed by atoms with Crippen LogP contribution in [0.2, 0.25) is 0 Å². The number of benzene rings is 1. The van der Waals surface area contributed by atoms with Gasteiger partial charge in [-0.2, -0.15) is 0 Å². The van der Waals surface area contributed by atoms with Crippen molar-refractivity contribution in [3.8, 4) is 0 Å². The van der Waals surface area contributed by atoms with Gasteiger partial charge in [0, 0.05) is 5.25 Å². The Morgan fingerprint density at radius 2 is 1.84 bits per heavy atom. The zero-order chi connectivity index (χ0) is 13.8. The molecule has 0 aliphatic carbocycles. The van der Waals surface area contributed by atoms with Gasteiger partial charge < -0.3 is 15.2 Å². The summed E-state index contributed by atoms with van der Waals surface area (Å²) in [6, 6.07) is 7.40. The van der Waals surface area contributed by atoms with Gasteiger partial charge in [0.15, 0.2) is 5.16 Å². The third-order valence-electron chi connectivity index (χ3n) is 2.45. The van der Waals surface area contributed by atoms with Crippen molar-refractivity contribution in [3.05, 3.63) is 24.3 Å². The zero-order valence-electron chi connectivity index (χ0n) is 9.87. The van der Waals surface area contributed by atoms with E-state index < -0.39 is 17.2 Å². The minimum Gasteiger partial charge on any atom is -0.481 e. The van der Waals surface area contributed by atoms with Crippen molar-refractivity contribution in [2.24, 2.45) is 0 Å². The van der Waals surface area contributed by atoms with Crippen LogP contribution in [0.25, 0.3) is 11.0 Å². The molecule has 1 aromatic carbocycles. The number of nitrogens with one attached hydrogen (secondary N) is 1. The first-order valence-corrected chi connectivity index (χ1v) is 6.47. The van der Waals surface area contributed by atoms with Crippen LogP contribution in [-0.4, -0.2) is 37.4 Å². The molecule has 0 radical (unpaired) electrons. The zero-order valence-corrected chi connectivity index (χ0v) is 10.7. The van der Waals surface area contributed by atoms with Crippen molar-refractivity contribution < 1.29 is 19.8 Å². The van der Waals surface area contributed by atoms with E-state index in [-0.39, 0.29) is 12.8 Å². The van der Waals surface area contributed by atoms with Crippen molar-refractivity contribution >= 4 is 34.7 Å². The maximum atomic E-state index is 10.7. The third-order valence-corrected chi connectivity index (χ3v) is 3.53. The second kappa shape index (κ2) is 5.75. The number of carboxylic acid groups (broad SMARTS) is 2. The molecule has 1 aromatic heterocycles. The lowest BCUT2D eigenvalue weighted by Crippen LogP contribution is -2.14. The first kappa shape index (κ1) is 13.4. The van der Waals surface area contributed by atoms with Gasteiger partial charge in [-0.1, -0.05) is 23.9 Å². The number of aliphatic carboxylic acids is 2. The van der Waals surface area contributed by atoms with Crippen LogP contribution in [0.4, 0.5) is 0 Å². The summed E-state index contributed by atoms with van der Waals surface area (Å²) in [7, 11) is 0. The molecule has 0 fully saturated rings. The van der Waals surface area contributed by atoms with E-state index in [4.69, 9.17) is 10.2 Å². The molecular weight excluding hydrogens is 268 g/mol. The molecule has 0 spiro atoms. The number of rotatable bonds is 6. The molecule has 2 aromatic rings. The second-order valence-corrected chi connectivity index (χ2v) is 5.28. The summed E-state index contributed by atoms with van der Waals surface area (Å²) in [4.78, 5) is 28.8. The summed E-state index contributed by atoms with van der Waals surface area (Å²) in [5.74, 6) is -2.04. The third kappa shape index (κ3) is 3.72. The molecule has 0 saturated carbocycles. The number of nitrogens with zero attached hydrogens (tertiary/aromatic N) is 1. The van der Waals surface area contributed by atoms with Crippen molar-refractivity contribution in [1.82, 2.24) is 9.97 Å². The fraction of sp³-hybridized carbons (Fsp3) is 0.250. The van der Waals surface area contributed by atoms with E-state index in [0.717, 1.165) is 22.8 Å². The quantitative estimate of drug-likeness (QED) is 0.699. The minimum atomic E-state index is -1.02. The van der Waals surface area contributed by atoms with Gasteiger partial charge in [-0.25, -0.2) is 4.98 Å². The first-order chi connectivity index (χ1) is 9.04. The molecule has 100 valence electrons. The number of hydrogen-bond acceptors (Lipinski definition) is 4. The summed E-state index contributed by atoms with van der Waals surface area (Å²) in [6.45, 7) is 0. The number of carboxylic acids is 2. The number of aromatic amines is 1. The van der Waals surface area contributed by atoms with Gasteiger partial charge >= 0.3 is 11.9 Å². The maximum absolute atomic E-state index is 10.7. The largest absolute Gasteiger partial charge is 0.481 e. The van der Waals surface area contributed by atoms with Gasteiger partial charge in [-0.15, -0.1) is 0 Å². The summed E-state index contributed by atoms with van der Waals surface area (Å²) >= 11 is 1.14. The number of hydrogen-bond donors (Lipinski definition) is 3. The number of carbonyl (C=O) groups is 2. The molecule has 0 atom stereocenters. The second-order valence-electron chi connectivity index (χ2n) is 3.99. The van der Waals surface area contributed by atoms with Crippen LogP contribution in [-0.2, 0) is 9.59 Å². The Morgan fingerprint density at radius 3 is 2.42 bits per heavy atom. The lowest BCUT2D eigenvalue weighted by Gasteiger charge is -2.09. The Hall–Kier alpha value is -2.02. The average Bonchev–Trinajstić information content (AvgIpc) is 2.68. The van der Waals surface area contributed by atoms with Crippen molar-refractivity contribution in [3.63, 3.8) is 0 Å². The van der Waals surface area contributed by atoms with E-state index in [1.54, 1.807) is 0 Å². The SMILES string of the molecule is O=C(O)CC(CC(=O)O)Sc1nc2ccccc2[nH]1. The van der Waals surface area contributed by atoms with Gasteiger partial charge in [0.1, 0.15) is 0 Å². The standard InChI is InChI=1S/C12H12N2O4S/c15-10(16)5-7(6-11(17)18)19-12-13-8-3-1-2-4-9(8)14-12/h1-4,7H,5-6H2,(H,13,14)(H,15,16)(H,17,18). The Morgan fingerprint density at radius 1 is 1.21 bits per heavy atom. The monoisotopic (exact) mass is 280 g/mol. The van der Waals surface area contributed by atoms with Crippen LogP contribution < -0.4 is 0 Å². The van der Waals surface area contributed by atoms with Gasteiger partial charge in [0.05, 0.1) is 23.9 Å². The molecular formula is C12H12N2O4S. The molecule has 3 N–H and O–H groups in total. The van der Waals surface area contributed by atoms with E-state index in [2.05, 4.69) is 9.97 Å². The number of para-hydroxylation sites is 2. The molecule has 0 bridgehead atoms. The predicted octanol–water partition coefficient (Wildman–Crippen LogP) is 1.97. The van der Waals surface area contributed by atoms with Crippen LogP contribution in [0.3, 0.4) is 0 Å². The topological polar surface area (TPSA) is 103 Å². The molecule has 6 nitrogen and oxygen atoms in total. The molecule has 0 amide bonds. The minimum absolute atomic E-state index is 0.214. The fourth-order valence-corrected chi connectivity index (χ4v) is 2.78. The average molecular weight is 280 g/mol. The van der Waals surface area contributed by atoms with E-state index in [1.807, 2.05) is 24.3 Å². The van der Waals surface area contributed by atoms with Crippen LogP contribution in [0, 0.1) is 0 Å². The molecule has 7 heteroatoms. The van der Waals surface area contributed by atoms with Crippen LogP contribution in [0.1, 0.15) is 12.8 Å². The number of fused-ring (bicyclic) bond motifs is 1. The van der Waals surface area contributed by atoms with Gasteiger partial charge in [-0.05, 0) is 12.1 Å². The van der Waals surface area contributed by atoms with Crippen LogP contribution in [0.5, 0.6) is 0 Å².